The summed E-state index contributed by atoms with van der Waals surface area (Å²) < 4.78 is 13.8. The molecule has 1 saturated heterocycles. The van der Waals surface area contributed by atoms with Gasteiger partial charge in [0.2, 0.25) is 0 Å². The van der Waals surface area contributed by atoms with Crippen LogP contribution in [0, 0.1) is 5.92 Å². The van der Waals surface area contributed by atoms with Gasteiger partial charge in [-0.25, -0.2) is 0 Å². The zero-order valence-corrected chi connectivity index (χ0v) is 43.1. The lowest BCUT2D eigenvalue weighted by molar-refractivity contribution is -0.274. The van der Waals surface area contributed by atoms with Crippen molar-refractivity contribution in [3.63, 3.8) is 0 Å². The Balaban J connectivity index is 2.59. The maximum atomic E-state index is 6.92. The molecule has 1 rings (SSSR count). The highest BCUT2D eigenvalue weighted by Crippen LogP contribution is 2.36. The Morgan fingerprint density at radius 2 is 0.603 bits per heavy atom. The summed E-state index contributed by atoms with van der Waals surface area (Å²) in [5.41, 5.74) is 0. The lowest BCUT2D eigenvalue weighted by Crippen LogP contribution is -2.47. The van der Waals surface area contributed by atoms with Gasteiger partial charge >= 0.3 is 0 Å². The van der Waals surface area contributed by atoms with E-state index in [1.165, 1.54) is 218 Å². The van der Waals surface area contributed by atoms with Gasteiger partial charge in [0.15, 0.2) is 6.29 Å². The molecule has 3 heteroatoms. The molecule has 0 aromatic heterocycles. The van der Waals surface area contributed by atoms with E-state index in [2.05, 4.69) is 113 Å². The van der Waals surface area contributed by atoms with Crippen LogP contribution in [0.1, 0.15) is 265 Å². The fraction of sp³-hybridized carbons (Fsp3) is 0.800. The van der Waals surface area contributed by atoms with Crippen LogP contribution < -0.4 is 0 Å². The monoisotopic (exact) mass is 876 g/mol. The minimum absolute atomic E-state index is 0.0502. The molecular weight excluding hydrogens is 767 g/mol. The largest absolute Gasteiger partial charge is 0.349 e. The van der Waals surface area contributed by atoms with E-state index in [1.54, 1.807) is 0 Å². The topological polar surface area (TPSA) is 21.7 Å². The predicted octanol–water partition coefficient (Wildman–Crippen LogP) is 19.5. The molecule has 0 spiro atoms. The zero-order valence-electron chi connectivity index (χ0n) is 43.1. The van der Waals surface area contributed by atoms with Crippen LogP contribution in [0.3, 0.4) is 0 Å². The van der Waals surface area contributed by atoms with Gasteiger partial charge < -0.3 is 14.4 Å². The Kier molecular flexibility index (Phi) is 45.5. The number of rotatable bonds is 46. The van der Waals surface area contributed by atoms with Crippen LogP contribution in [0.15, 0.2) is 72.9 Å². The molecule has 63 heavy (non-hydrogen) atoms. The highest BCUT2D eigenvalue weighted by molar-refractivity contribution is 4.94. The lowest BCUT2D eigenvalue weighted by atomic mass is 9.83. The maximum absolute atomic E-state index is 6.92. The molecule has 0 N–H and O–H groups in total. The maximum Gasteiger partial charge on any atom is 0.159 e. The second-order valence-electron chi connectivity index (χ2n) is 19.4. The highest BCUT2D eigenvalue weighted by Gasteiger charge is 2.38. The molecule has 0 aliphatic carbocycles. The molecule has 4 atom stereocenters. The van der Waals surface area contributed by atoms with Gasteiger partial charge in [-0.2, -0.15) is 0 Å². The number of ether oxygens (including phenoxy) is 2. The van der Waals surface area contributed by atoms with Crippen molar-refractivity contribution in [2.45, 2.75) is 283 Å². The molecule has 0 aromatic carbocycles. The Labute approximate surface area is 395 Å². The van der Waals surface area contributed by atoms with Gasteiger partial charge in [-0.05, 0) is 130 Å². The average Bonchev–Trinajstić information content (AvgIpc) is 3.28. The first-order chi connectivity index (χ1) is 31.1. The summed E-state index contributed by atoms with van der Waals surface area (Å²) in [5, 5.41) is 0. The molecule has 4 unspecified atom stereocenters. The number of allylic oxidation sites excluding steroid dienone is 12. The van der Waals surface area contributed by atoms with Crippen LogP contribution in [0.2, 0.25) is 0 Å². The molecule has 3 nitrogen and oxygen atoms in total. The van der Waals surface area contributed by atoms with E-state index < -0.39 is 0 Å². The molecule has 1 fully saturated rings. The van der Waals surface area contributed by atoms with Crippen molar-refractivity contribution in [1.82, 2.24) is 4.90 Å². The summed E-state index contributed by atoms with van der Waals surface area (Å²) in [7, 11) is 4.36. The Morgan fingerprint density at radius 1 is 0.317 bits per heavy atom. The molecule has 0 amide bonds. The Bertz CT molecular complexity index is 1100. The molecular formula is C60H109NO2. The third-order valence-corrected chi connectivity index (χ3v) is 13.0. The van der Waals surface area contributed by atoms with E-state index in [9.17, 15) is 0 Å². The van der Waals surface area contributed by atoms with E-state index in [-0.39, 0.29) is 6.29 Å². The van der Waals surface area contributed by atoms with Crippen molar-refractivity contribution in [2.24, 2.45) is 5.92 Å². The fourth-order valence-corrected chi connectivity index (χ4v) is 8.98. The van der Waals surface area contributed by atoms with Crippen molar-refractivity contribution in [3.8, 4) is 0 Å². The molecule has 0 aromatic rings. The first kappa shape index (κ1) is 59.3. The standard InChI is InChI=1S/C60H109NO2/c1-6-9-12-15-18-21-24-27-30-33-36-39-42-45-48-51-54-59-57(52-49-46-43-40-37-34-31-28-25-22-19-16-13-10-7-2)58(62-60(63-59)55-56-61(4)5)53-50-47-44-41-38-35-32-29-26-23-20-17-14-11-8-3/h18-23,27-32,57-60H,6-17,24-26,33-56H2,1-5H3. The predicted molar refractivity (Wildman–Crippen MR) is 283 cm³/mol. The second-order valence-corrected chi connectivity index (χ2v) is 19.4. The van der Waals surface area contributed by atoms with Gasteiger partial charge in [0.1, 0.15) is 0 Å². The van der Waals surface area contributed by atoms with E-state index in [1.807, 2.05) is 0 Å². The first-order valence-electron chi connectivity index (χ1n) is 28.0. The summed E-state index contributed by atoms with van der Waals surface area (Å²) >= 11 is 0. The van der Waals surface area contributed by atoms with Crippen LogP contribution in [-0.2, 0) is 9.47 Å². The third-order valence-electron chi connectivity index (χ3n) is 13.0. The van der Waals surface area contributed by atoms with Crippen LogP contribution in [-0.4, -0.2) is 44.0 Å². The molecule has 0 radical (unpaired) electrons. The number of unbranched alkanes of at least 4 members (excludes halogenated alkanes) is 25. The molecule has 0 saturated carbocycles. The third kappa shape index (κ3) is 40.3. The van der Waals surface area contributed by atoms with Gasteiger partial charge in [-0.3, -0.25) is 0 Å². The quantitative estimate of drug-likeness (QED) is 0.0449. The smallest absolute Gasteiger partial charge is 0.159 e. The minimum Gasteiger partial charge on any atom is -0.349 e. The van der Waals surface area contributed by atoms with Crippen LogP contribution in [0.5, 0.6) is 0 Å². The highest BCUT2D eigenvalue weighted by atomic mass is 16.7. The summed E-state index contributed by atoms with van der Waals surface area (Å²) in [6, 6.07) is 0. The van der Waals surface area contributed by atoms with Crippen molar-refractivity contribution < 1.29 is 9.47 Å². The van der Waals surface area contributed by atoms with E-state index >= 15 is 0 Å². The minimum atomic E-state index is -0.0502. The number of hydrogen-bond donors (Lipinski definition) is 0. The summed E-state index contributed by atoms with van der Waals surface area (Å²) in [5.74, 6) is 0.544. The summed E-state index contributed by atoms with van der Waals surface area (Å²) in [6.07, 6.45) is 77.9. The van der Waals surface area contributed by atoms with Gasteiger partial charge in [-0.1, -0.05) is 216 Å². The molecule has 0 bridgehead atoms. The van der Waals surface area contributed by atoms with Crippen LogP contribution >= 0.6 is 0 Å². The lowest BCUT2D eigenvalue weighted by Gasteiger charge is -2.43. The van der Waals surface area contributed by atoms with Crippen molar-refractivity contribution in [1.29, 1.82) is 0 Å². The van der Waals surface area contributed by atoms with Crippen LogP contribution in [0.4, 0.5) is 0 Å². The van der Waals surface area contributed by atoms with Gasteiger partial charge in [0, 0.05) is 18.9 Å². The molecule has 1 aliphatic heterocycles. The molecule has 1 aliphatic rings. The number of nitrogens with zero attached hydrogens (tertiary/aromatic N) is 1. The second kappa shape index (κ2) is 48.3. The van der Waals surface area contributed by atoms with E-state index in [0.29, 0.717) is 18.1 Å². The molecule has 1 heterocycles. The fourth-order valence-electron chi connectivity index (χ4n) is 8.98. The normalized spacial score (nSPS) is 18.8. The Morgan fingerprint density at radius 3 is 0.921 bits per heavy atom. The zero-order chi connectivity index (χ0) is 45.4. The van der Waals surface area contributed by atoms with Gasteiger partial charge in [0.25, 0.3) is 0 Å². The van der Waals surface area contributed by atoms with E-state index in [0.717, 1.165) is 32.2 Å². The summed E-state index contributed by atoms with van der Waals surface area (Å²) in [6.45, 7) is 7.86. The van der Waals surface area contributed by atoms with Crippen molar-refractivity contribution >= 4 is 0 Å². The average molecular weight is 877 g/mol. The van der Waals surface area contributed by atoms with Crippen LogP contribution in [0.25, 0.3) is 0 Å². The first-order valence-corrected chi connectivity index (χ1v) is 28.0. The number of hydrogen-bond acceptors (Lipinski definition) is 3. The van der Waals surface area contributed by atoms with Crippen molar-refractivity contribution in [3.05, 3.63) is 72.9 Å². The van der Waals surface area contributed by atoms with E-state index in [4.69, 9.17) is 9.47 Å². The van der Waals surface area contributed by atoms with Gasteiger partial charge in [-0.15, -0.1) is 0 Å². The van der Waals surface area contributed by atoms with Crippen molar-refractivity contribution in [2.75, 3.05) is 20.6 Å². The van der Waals surface area contributed by atoms with Gasteiger partial charge in [0.05, 0.1) is 12.2 Å². The Hall–Kier alpha value is -1.68. The summed E-state index contributed by atoms with van der Waals surface area (Å²) in [4.78, 5) is 2.29. The molecule has 366 valence electrons. The SMILES string of the molecule is CCCCCC=CCC=CCCCCCCCCC1OC(CCN(C)C)OC(CCCCCCCC=CCC=CCCCCC)C1CCCCCCCC=CCC=CCCCCC.